The van der Waals surface area contributed by atoms with Gasteiger partial charge in [-0.25, -0.2) is 0 Å². The SMILES string of the molecule is CCCCCCCOc1ccc(/C=C2/C(=O)N(CCc3ccc(OC)c(OC)c3)C(=O)C(C#N)=C2C)cc1OCC. The Bertz CT molecular complexity index is 1340. The molecule has 3 rings (SSSR count). The molecule has 8 nitrogen and oxygen atoms in total. The van der Waals surface area contributed by atoms with Gasteiger partial charge < -0.3 is 18.9 Å². The molecule has 218 valence electrons. The molecule has 8 heteroatoms. The molecular formula is C33H40N2O6. The van der Waals surface area contributed by atoms with E-state index in [0.29, 0.717) is 59.3 Å². The number of hydrogen-bond acceptors (Lipinski definition) is 7. The number of unbranched alkanes of at least 4 members (excludes halogenated alkanes) is 4. The average Bonchev–Trinajstić information content (AvgIpc) is 2.98. The van der Waals surface area contributed by atoms with Crippen LogP contribution in [0.25, 0.3) is 6.08 Å². The van der Waals surface area contributed by atoms with Crippen molar-refractivity contribution in [2.75, 3.05) is 34.0 Å². The predicted molar refractivity (Wildman–Crippen MR) is 158 cm³/mol. The van der Waals surface area contributed by atoms with Crippen molar-refractivity contribution >= 4 is 17.9 Å². The molecule has 1 aliphatic heterocycles. The molecular weight excluding hydrogens is 520 g/mol. The summed E-state index contributed by atoms with van der Waals surface area (Å²) in [6.07, 6.45) is 7.81. The van der Waals surface area contributed by atoms with Crippen molar-refractivity contribution in [1.29, 1.82) is 5.26 Å². The number of rotatable bonds is 15. The standard InChI is InChI=1S/C33H40N2O6/c1-6-8-9-10-11-18-41-29-15-13-25(21-31(29)40-7-2)19-26-23(3)27(22-34)33(37)35(32(26)36)17-16-24-12-14-28(38-4)30(20-24)39-5/h12-15,19-21H,6-11,16-18H2,1-5H3/b26-19+. The molecule has 0 bridgehead atoms. The van der Waals surface area contributed by atoms with Gasteiger partial charge in [-0.1, -0.05) is 44.7 Å². The monoisotopic (exact) mass is 560 g/mol. The Kier molecular flexibility index (Phi) is 11.8. The number of nitriles is 1. The van der Waals surface area contributed by atoms with Crippen LogP contribution in [0.2, 0.25) is 0 Å². The maximum absolute atomic E-state index is 13.6. The first-order chi connectivity index (χ1) is 19.9. The van der Waals surface area contributed by atoms with Crippen LogP contribution in [0.1, 0.15) is 64.0 Å². The molecule has 2 aromatic carbocycles. The van der Waals surface area contributed by atoms with E-state index >= 15 is 0 Å². The van der Waals surface area contributed by atoms with Gasteiger partial charge >= 0.3 is 0 Å². The highest BCUT2D eigenvalue weighted by atomic mass is 16.5. The second kappa shape index (κ2) is 15.5. The van der Waals surface area contributed by atoms with Crippen molar-refractivity contribution < 1.29 is 28.5 Å². The van der Waals surface area contributed by atoms with E-state index in [4.69, 9.17) is 18.9 Å². The van der Waals surface area contributed by atoms with Gasteiger partial charge in [0.1, 0.15) is 11.6 Å². The van der Waals surface area contributed by atoms with Gasteiger partial charge in [0.25, 0.3) is 11.8 Å². The number of carbonyl (C=O) groups excluding carboxylic acids is 2. The normalized spacial score (nSPS) is 14.3. The fraction of sp³-hybridized carbons (Fsp3) is 0.424. The minimum atomic E-state index is -0.592. The number of methoxy groups -OCH3 is 2. The first-order valence-corrected chi connectivity index (χ1v) is 14.2. The van der Waals surface area contributed by atoms with E-state index in [-0.39, 0.29) is 12.1 Å². The summed E-state index contributed by atoms with van der Waals surface area (Å²) in [4.78, 5) is 27.8. The molecule has 1 heterocycles. The van der Waals surface area contributed by atoms with Crippen LogP contribution in [0.5, 0.6) is 23.0 Å². The first kappa shape index (κ1) is 31.3. The van der Waals surface area contributed by atoms with Crippen LogP contribution in [-0.2, 0) is 16.0 Å². The fourth-order valence-electron chi connectivity index (χ4n) is 4.67. The molecule has 0 N–H and O–H groups in total. The maximum Gasteiger partial charge on any atom is 0.271 e. The Morgan fingerprint density at radius 1 is 0.854 bits per heavy atom. The van der Waals surface area contributed by atoms with E-state index < -0.39 is 11.8 Å². The van der Waals surface area contributed by atoms with Crippen molar-refractivity contribution in [3.8, 4) is 29.1 Å². The average molecular weight is 561 g/mol. The number of amides is 2. The maximum atomic E-state index is 13.6. The lowest BCUT2D eigenvalue weighted by molar-refractivity contribution is -0.140. The Morgan fingerprint density at radius 3 is 2.27 bits per heavy atom. The van der Waals surface area contributed by atoms with E-state index in [0.717, 1.165) is 23.3 Å². The smallest absolute Gasteiger partial charge is 0.271 e. The third-order valence-corrected chi connectivity index (χ3v) is 6.98. The molecule has 0 spiro atoms. The van der Waals surface area contributed by atoms with E-state index in [1.54, 1.807) is 33.3 Å². The molecule has 0 aliphatic carbocycles. The van der Waals surface area contributed by atoms with Crippen molar-refractivity contribution in [3.05, 3.63) is 64.2 Å². The highest BCUT2D eigenvalue weighted by Crippen LogP contribution is 2.33. The molecule has 0 saturated carbocycles. The van der Waals surface area contributed by atoms with Crippen LogP contribution >= 0.6 is 0 Å². The zero-order chi connectivity index (χ0) is 29.8. The molecule has 2 aromatic rings. The van der Waals surface area contributed by atoms with Crippen molar-refractivity contribution in [2.45, 2.75) is 59.3 Å². The lowest BCUT2D eigenvalue weighted by atomic mass is 9.93. The minimum absolute atomic E-state index is 0.0452. The number of ether oxygens (including phenoxy) is 4. The lowest BCUT2D eigenvalue weighted by Crippen LogP contribution is -2.43. The molecule has 0 radical (unpaired) electrons. The number of benzene rings is 2. The van der Waals surface area contributed by atoms with Gasteiger partial charge in [0.05, 0.1) is 27.4 Å². The largest absolute Gasteiger partial charge is 0.493 e. The second-order valence-electron chi connectivity index (χ2n) is 9.77. The van der Waals surface area contributed by atoms with Crippen LogP contribution in [0, 0.1) is 11.3 Å². The summed E-state index contributed by atoms with van der Waals surface area (Å²) in [5.41, 5.74) is 2.17. The van der Waals surface area contributed by atoms with Crippen LogP contribution in [0.15, 0.2) is 53.1 Å². The molecule has 1 aliphatic rings. The van der Waals surface area contributed by atoms with Gasteiger partial charge in [-0.2, -0.15) is 5.26 Å². The van der Waals surface area contributed by atoms with Gasteiger partial charge in [0, 0.05) is 12.1 Å². The molecule has 0 aromatic heterocycles. The fourth-order valence-corrected chi connectivity index (χ4v) is 4.67. The van der Waals surface area contributed by atoms with Crippen LogP contribution in [-0.4, -0.2) is 50.7 Å². The summed E-state index contributed by atoms with van der Waals surface area (Å²) in [5.74, 6) is 1.34. The van der Waals surface area contributed by atoms with Crippen molar-refractivity contribution in [1.82, 2.24) is 4.90 Å². The van der Waals surface area contributed by atoms with Crippen LogP contribution in [0.4, 0.5) is 0 Å². The molecule has 0 unspecified atom stereocenters. The van der Waals surface area contributed by atoms with Gasteiger partial charge in [-0.05, 0) is 73.7 Å². The van der Waals surface area contributed by atoms with Gasteiger partial charge in [-0.15, -0.1) is 0 Å². The second-order valence-corrected chi connectivity index (χ2v) is 9.77. The molecule has 2 amide bonds. The summed E-state index contributed by atoms with van der Waals surface area (Å²) in [6, 6.07) is 12.9. The minimum Gasteiger partial charge on any atom is -0.493 e. The molecule has 0 fully saturated rings. The third kappa shape index (κ3) is 7.91. The Morgan fingerprint density at radius 2 is 1.59 bits per heavy atom. The van der Waals surface area contributed by atoms with Gasteiger partial charge in [0.15, 0.2) is 23.0 Å². The number of nitrogens with zero attached hydrogens (tertiary/aromatic N) is 2. The van der Waals surface area contributed by atoms with Gasteiger partial charge in [-0.3, -0.25) is 14.5 Å². The molecule has 0 atom stereocenters. The van der Waals surface area contributed by atoms with Crippen molar-refractivity contribution in [2.24, 2.45) is 0 Å². The Labute approximate surface area is 243 Å². The Balaban J connectivity index is 1.83. The summed E-state index contributed by atoms with van der Waals surface area (Å²) in [7, 11) is 3.11. The zero-order valence-electron chi connectivity index (χ0n) is 24.7. The van der Waals surface area contributed by atoms with E-state index in [1.165, 1.54) is 19.3 Å². The number of imide groups is 1. The summed E-state index contributed by atoms with van der Waals surface area (Å²) in [5, 5.41) is 9.77. The first-order valence-electron chi connectivity index (χ1n) is 14.2. The predicted octanol–water partition coefficient (Wildman–Crippen LogP) is 6.29. The highest BCUT2D eigenvalue weighted by Gasteiger charge is 2.35. The zero-order valence-corrected chi connectivity index (χ0v) is 24.7. The topological polar surface area (TPSA) is 98.1 Å². The van der Waals surface area contributed by atoms with Gasteiger partial charge in [0.2, 0.25) is 0 Å². The van der Waals surface area contributed by atoms with E-state index in [2.05, 4.69) is 6.92 Å². The number of hydrogen-bond donors (Lipinski definition) is 0. The quantitative estimate of drug-likeness (QED) is 0.143. The van der Waals surface area contributed by atoms with Crippen molar-refractivity contribution in [3.63, 3.8) is 0 Å². The summed E-state index contributed by atoms with van der Waals surface area (Å²) in [6.45, 7) is 6.90. The lowest BCUT2D eigenvalue weighted by Gasteiger charge is -2.27. The highest BCUT2D eigenvalue weighted by molar-refractivity contribution is 6.19. The third-order valence-electron chi connectivity index (χ3n) is 6.98. The van der Waals surface area contributed by atoms with E-state index in [9.17, 15) is 14.9 Å². The molecule has 0 saturated heterocycles. The summed E-state index contributed by atoms with van der Waals surface area (Å²) < 4.78 is 22.5. The summed E-state index contributed by atoms with van der Waals surface area (Å²) >= 11 is 0. The van der Waals surface area contributed by atoms with Crippen LogP contribution in [0.3, 0.4) is 0 Å². The Hall–Kier alpha value is -4.25. The molecule has 41 heavy (non-hydrogen) atoms. The van der Waals surface area contributed by atoms with E-state index in [1.807, 2.05) is 43.3 Å². The van der Waals surface area contributed by atoms with Crippen LogP contribution < -0.4 is 18.9 Å². The number of carbonyl (C=O) groups is 2.